The molecule has 0 spiro atoms. The van der Waals surface area contributed by atoms with Crippen LogP contribution in [0.5, 0.6) is 0 Å². The molecule has 2 unspecified atom stereocenters. The number of amides is 1. The molecule has 0 fully saturated rings. The second kappa shape index (κ2) is 6.73. The Bertz CT molecular complexity index is 736. The number of nitrogens with one attached hydrogen (secondary N) is 1. The molecule has 1 aromatic heterocycles. The maximum Gasteiger partial charge on any atom is 0.244 e. The molecule has 114 valence electrons. The standard InChI is InChI=1S/C15H14BrN3O3/c1-8-5-10(3-4-13(8)16)19-15(21)11(6-17)14(20)12-7-18-22-9(12)2/h3-5,7,11,14,20H,1-2H3,(H,19,21). The van der Waals surface area contributed by atoms with Gasteiger partial charge in [0.25, 0.3) is 0 Å². The van der Waals surface area contributed by atoms with Gasteiger partial charge in [-0.1, -0.05) is 21.1 Å². The molecule has 6 nitrogen and oxygen atoms in total. The fraction of sp³-hybridized carbons (Fsp3) is 0.267. The second-order valence-electron chi connectivity index (χ2n) is 4.84. The van der Waals surface area contributed by atoms with Crippen LogP contribution in [-0.4, -0.2) is 16.2 Å². The van der Waals surface area contributed by atoms with Gasteiger partial charge < -0.3 is 14.9 Å². The number of halogens is 1. The van der Waals surface area contributed by atoms with Crippen molar-refractivity contribution in [1.82, 2.24) is 5.16 Å². The quantitative estimate of drug-likeness (QED) is 0.869. The number of anilines is 1. The first-order chi connectivity index (χ1) is 10.4. The number of aliphatic hydroxyl groups is 1. The Labute approximate surface area is 135 Å². The average Bonchev–Trinajstić information content (AvgIpc) is 2.89. The van der Waals surface area contributed by atoms with Crippen molar-refractivity contribution in [2.75, 3.05) is 5.32 Å². The van der Waals surface area contributed by atoms with Gasteiger partial charge in [-0.25, -0.2) is 0 Å². The molecule has 7 heteroatoms. The Morgan fingerprint density at radius 3 is 2.77 bits per heavy atom. The molecule has 2 aromatic rings. The summed E-state index contributed by atoms with van der Waals surface area (Å²) < 4.78 is 5.77. The van der Waals surface area contributed by atoms with E-state index in [2.05, 4.69) is 26.4 Å². The summed E-state index contributed by atoms with van der Waals surface area (Å²) >= 11 is 3.37. The minimum absolute atomic E-state index is 0.327. The van der Waals surface area contributed by atoms with Crippen molar-refractivity contribution in [2.45, 2.75) is 20.0 Å². The van der Waals surface area contributed by atoms with Crippen LogP contribution in [0.2, 0.25) is 0 Å². The van der Waals surface area contributed by atoms with Gasteiger partial charge in [0, 0.05) is 15.7 Å². The zero-order valence-electron chi connectivity index (χ0n) is 12.0. The highest BCUT2D eigenvalue weighted by Gasteiger charge is 2.30. The number of hydrogen-bond donors (Lipinski definition) is 2. The number of carbonyl (C=O) groups is 1. The molecule has 2 rings (SSSR count). The molecule has 0 saturated carbocycles. The Balaban J connectivity index is 2.17. The van der Waals surface area contributed by atoms with Crippen LogP contribution in [0.25, 0.3) is 0 Å². The van der Waals surface area contributed by atoms with Gasteiger partial charge in [-0.15, -0.1) is 0 Å². The molecule has 0 aliphatic rings. The van der Waals surface area contributed by atoms with Crippen LogP contribution in [0.15, 0.2) is 33.4 Å². The SMILES string of the molecule is Cc1cc(NC(=O)C(C#N)C(O)c2cnoc2C)ccc1Br. The highest BCUT2D eigenvalue weighted by molar-refractivity contribution is 9.10. The molecule has 22 heavy (non-hydrogen) atoms. The predicted octanol–water partition coefficient (Wildman–Crippen LogP) is 2.87. The fourth-order valence-electron chi connectivity index (χ4n) is 1.99. The lowest BCUT2D eigenvalue weighted by molar-refractivity contribution is -0.121. The minimum atomic E-state index is -1.30. The zero-order chi connectivity index (χ0) is 16.3. The van der Waals surface area contributed by atoms with Gasteiger partial charge in [-0.2, -0.15) is 5.26 Å². The molecule has 1 heterocycles. The van der Waals surface area contributed by atoms with Crippen LogP contribution < -0.4 is 5.32 Å². The lowest BCUT2D eigenvalue weighted by atomic mass is 9.97. The first kappa shape index (κ1) is 16.2. The number of aromatic nitrogens is 1. The fourth-order valence-corrected chi connectivity index (χ4v) is 2.23. The van der Waals surface area contributed by atoms with E-state index < -0.39 is 17.9 Å². The second-order valence-corrected chi connectivity index (χ2v) is 5.70. The molecule has 0 aliphatic carbocycles. The van der Waals surface area contributed by atoms with Gasteiger partial charge in [0.15, 0.2) is 5.92 Å². The molecule has 2 atom stereocenters. The summed E-state index contributed by atoms with van der Waals surface area (Å²) in [4.78, 5) is 12.2. The number of nitriles is 1. The summed E-state index contributed by atoms with van der Waals surface area (Å²) in [7, 11) is 0. The molecule has 0 aliphatic heterocycles. The van der Waals surface area contributed by atoms with Crippen LogP contribution in [0, 0.1) is 31.1 Å². The van der Waals surface area contributed by atoms with Crippen molar-refractivity contribution >= 4 is 27.5 Å². The maximum absolute atomic E-state index is 12.2. The van der Waals surface area contributed by atoms with Crippen LogP contribution >= 0.6 is 15.9 Å². The smallest absolute Gasteiger partial charge is 0.244 e. The Kier molecular flexibility index (Phi) is 4.96. The van der Waals surface area contributed by atoms with Crippen LogP contribution in [0.1, 0.15) is 23.0 Å². The van der Waals surface area contributed by atoms with E-state index in [-0.39, 0.29) is 0 Å². The molecule has 0 radical (unpaired) electrons. The third-order valence-electron chi connectivity index (χ3n) is 3.27. The van der Waals surface area contributed by atoms with E-state index in [9.17, 15) is 15.2 Å². The van der Waals surface area contributed by atoms with Crippen molar-refractivity contribution in [3.63, 3.8) is 0 Å². The van der Waals surface area contributed by atoms with Gasteiger partial charge in [0.05, 0.1) is 12.3 Å². The van der Waals surface area contributed by atoms with Crippen molar-refractivity contribution in [3.8, 4) is 6.07 Å². The summed E-state index contributed by atoms with van der Waals surface area (Å²) in [6, 6.07) is 7.10. The normalized spacial score (nSPS) is 13.2. The van der Waals surface area contributed by atoms with E-state index in [0.717, 1.165) is 10.0 Å². The molecule has 1 amide bonds. The molecule has 0 saturated heterocycles. The van der Waals surface area contributed by atoms with E-state index in [1.165, 1.54) is 6.20 Å². The van der Waals surface area contributed by atoms with Gasteiger partial charge in [0.1, 0.15) is 11.9 Å². The van der Waals surface area contributed by atoms with Crippen molar-refractivity contribution in [1.29, 1.82) is 5.26 Å². The molecular weight excluding hydrogens is 350 g/mol. The third-order valence-corrected chi connectivity index (χ3v) is 4.16. The number of nitrogens with zero attached hydrogens (tertiary/aromatic N) is 2. The summed E-state index contributed by atoms with van der Waals surface area (Å²) in [6.45, 7) is 3.49. The monoisotopic (exact) mass is 363 g/mol. The number of hydrogen-bond acceptors (Lipinski definition) is 5. The topological polar surface area (TPSA) is 99.2 Å². The lowest BCUT2D eigenvalue weighted by Crippen LogP contribution is -2.27. The van der Waals surface area contributed by atoms with Gasteiger partial charge in [0.2, 0.25) is 5.91 Å². The number of carbonyl (C=O) groups excluding carboxylic acids is 1. The largest absolute Gasteiger partial charge is 0.386 e. The number of rotatable bonds is 4. The van der Waals surface area contributed by atoms with Crippen molar-refractivity contribution in [2.24, 2.45) is 5.92 Å². The molecule has 0 bridgehead atoms. The van der Waals surface area contributed by atoms with E-state index in [0.29, 0.717) is 17.0 Å². The van der Waals surface area contributed by atoms with Crippen LogP contribution in [0.3, 0.4) is 0 Å². The summed E-state index contributed by atoms with van der Waals surface area (Å²) in [5.41, 5.74) is 1.83. The average molecular weight is 364 g/mol. The highest BCUT2D eigenvalue weighted by atomic mass is 79.9. The zero-order valence-corrected chi connectivity index (χ0v) is 13.6. The predicted molar refractivity (Wildman–Crippen MR) is 82.8 cm³/mol. The third kappa shape index (κ3) is 3.35. The summed E-state index contributed by atoms with van der Waals surface area (Å²) in [6.07, 6.45) is 0.00860. The Morgan fingerprint density at radius 2 is 2.23 bits per heavy atom. The van der Waals surface area contributed by atoms with Gasteiger partial charge >= 0.3 is 0 Å². The first-order valence-corrected chi connectivity index (χ1v) is 7.29. The lowest BCUT2D eigenvalue weighted by Gasteiger charge is -2.16. The maximum atomic E-state index is 12.2. The number of aliphatic hydroxyl groups excluding tert-OH is 1. The van der Waals surface area contributed by atoms with Gasteiger partial charge in [-0.3, -0.25) is 4.79 Å². The van der Waals surface area contributed by atoms with Gasteiger partial charge in [-0.05, 0) is 37.6 Å². The molecule has 2 N–H and O–H groups in total. The molecular formula is C15H14BrN3O3. The number of benzene rings is 1. The Morgan fingerprint density at radius 1 is 1.50 bits per heavy atom. The van der Waals surface area contributed by atoms with E-state index in [4.69, 9.17) is 4.52 Å². The van der Waals surface area contributed by atoms with Crippen molar-refractivity contribution in [3.05, 3.63) is 45.8 Å². The van der Waals surface area contributed by atoms with E-state index in [1.807, 2.05) is 13.0 Å². The van der Waals surface area contributed by atoms with Crippen LogP contribution in [-0.2, 0) is 4.79 Å². The first-order valence-electron chi connectivity index (χ1n) is 6.50. The van der Waals surface area contributed by atoms with Crippen molar-refractivity contribution < 1.29 is 14.4 Å². The summed E-state index contributed by atoms with van der Waals surface area (Å²) in [5.74, 6) is -1.47. The van der Waals surface area contributed by atoms with Crippen LogP contribution in [0.4, 0.5) is 5.69 Å². The highest BCUT2D eigenvalue weighted by Crippen LogP contribution is 2.26. The minimum Gasteiger partial charge on any atom is -0.386 e. The van der Waals surface area contributed by atoms with E-state index in [1.54, 1.807) is 25.1 Å². The number of aryl methyl sites for hydroxylation is 2. The Hall–Kier alpha value is -2.17. The van der Waals surface area contributed by atoms with E-state index >= 15 is 0 Å². The molecule has 1 aromatic carbocycles. The summed E-state index contributed by atoms with van der Waals surface area (Å²) in [5, 5.41) is 25.6.